The summed E-state index contributed by atoms with van der Waals surface area (Å²) in [5.41, 5.74) is 1.60. The molecule has 4 rings (SSSR count). The fourth-order valence-electron chi connectivity index (χ4n) is 2.56. The topological polar surface area (TPSA) is 56.5 Å². The summed E-state index contributed by atoms with van der Waals surface area (Å²) in [6.45, 7) is 0. The number of hydrogen-bond donors (Lipinski definition) is 0. The number of benzene rings is 2. The Labute approximate surface area is 141 Å². The summed E-state index contributed by atoms with van der Waals surface area (Å²) in [4.78, 5) is 13.4. The molecule has 0 aliphatic rings. The average Bonchev–Trinajstić information content (AvgIpc) is 3.17. The van der Waals surface area contributed by atoms with Crippen LogP contribution in [0.5, 0.6) is 5.75 Å². The highest BCUT2D eigenvalue weighted by molar-refractivity contribution is 7.15. The lowest BCUT2D eigenvalue weighted by Crippen LogP contribution is -2.23. The minimum atomic E-state index is -0.121. The monoisotopic (exact) mass is 335 g/mol. The Bertz CT molecular complexity index is 1120. The number of methoxy groups -OCH3 is 1. The van der Waals surface area contributed by atoms with Crippen molar-refractivity contribution in [3.05, 3.63) is 75.0 Å². The molecule has 0 amide bonds. The van der Waals surface area contributed by atoms with Crippen molar-refractivity contribution in [3.63, 3.8) is 0 Å². The highest BCUT2D eigenvalue weighted by atomic mass is 32.1. The average molecular weight is 335 g/mol. The molecule has 0 spiro atoms. The lowest BCUT2D eigenvalue weighted by molar-refractivity contribution is 0.414. The van der Waals surface area contributed by atoms with Crippen LogP contribution in [0.2, 0.25) is 0 Å². The number of ether oxygens (including phenoxy) is 1. The van der Waals surface area contributed by atoms with E-state index in [0.717, 1.165) is 16.9 Å². The Morgan fingerprint density at radius 3 is 2.58 bits per heavy atom. The van der Waals surface area contributed by atoms with Crippen LogP contribution in [0.3, 0.4) is 0 Å². The molecule has 0 saturated carbocycles. The summed E-state index contributed by atoms with van der Waals surface area (Å²) in [5.74, 6) is 1.29. The maximum atomic E-state index is 12.8. The molecule has 0 atom stereocenters. The van der Waals surface area contributed by atoms with Crippen molar-refractivity contribution in [3.8, 4) is 17.1 Å². The van der Waals surface area contributed by atoms with Crippen molar-refractivity contribution in [1.29, 1.82) is 0 Å². The number of aromatic nitrogens is 3. The van der Waals surface area contributed by atoms with Gasteiger partial charge in [0.05, 0.1) is 11.6 Å². The summed E-state index contributed by atoms with van der Waals surface area (Å²) in [7, 11) is 1.61. The zero-order valence-electron chi connectivity index (χ0n) is 12.8. The largest absolute Gasteiger partial charge is 0.496 e. The van der Waals surface area contributed by atoms with Crippen LogP contribution in [-0.4, -0.2) is 21.7 Å². The first-order chi connectivity index (χ1) is 11.8. The first-order valence-corrected chi connectivity index (χ1v) is 8.17. The predicted octanol–water partition coefficient (Wildman–Crippen LogP) is 2.37. The van der Waals surface area contributed by atoms with Gasteiger partial charge in [0.25, 0.3) is 5.56 Å². The summed E-state index contributed by atoms with van der Waals surface area (Å²) in [6, 6.07) is 17.2. The van der Waals surface area contributed by atoms with Gasteiger partial charge in [0.2, 0.25) is 4.96 Å². The molecule has 24 heavy (non-hydrogen) atoms. The number of thiazole rings is 1. The van der Waals surface area contributed by atoms with Gasteiger partial charge >= 0.3 is 0 Å². The van der Waals surface area contributed by atoms with Gasteiger partial charge in [-0.05, 0) is 12.1 Å². The van der Waals surface area contributed by atoms with E-state index in [9.17, 15) is 4.79 Å². The third kappa shape index (κ3) is 2.37. The van der Waals surface area contributed by atoms with Gasteiger partial charge in [-0.25, -0.2) is 4.40 Å². The minimum Gasteiger partial charge on any atom is -0.496 e. The molecule has 0 aliphatic carbocycles. The van der Waals surface area contributed by atoms with Crippen LogP contribution in [0, 0.1) is 0 Å². The Morgan fingerprint density at radius 1 is 1.04 bits per heavy atom. The zero-order valence-corrected chi connectivity index (χ0v) is 13.7. The number of hydrogen-bond acceptors (Lipinski definition) is 5. The maximum absolute atomic E-state index is 12.8. The highest BCUT2D eigenvalue weighted by Crippen LogP contribution is 2.19. The standard InChI is InChI=1S/C18H13N3O2S/c1-23-14-10-6-5-9-13(14)11-15-17(22)21-16(19-20-18(21)24-15)12-7-3-2-4-8-12/h2-11H,1H3/b15-11+. The molecule has 0 fully saturated rings. The van der Waals surface area contributed by atoms with E-state index < -0.39 is 0 Å². The molecule has 118 valence electrons. The van der Waals surface area contributed by atoms with Crippen molar-refractivity contribution < 1.29 is 4.74 Å². The summed E-state index contributed by atoms with van der Waals surface area (Å²) in [6.07, 6.45) is 1.83. The van der Waals surface area contributed by atoms with Crippen LogP contribution >= 0.6 is 11.3 Å². The number of nitrogens with zero attached hydrogens (tertiary/aromatic N) is 3. The van der Waals surface area contributed by atoms with Gasteiger partial charge in [-0.3, -0.25) is 4.79 Å². The normalized spacial score (nSPS) is 12.0. The fraction of sp³-hybridized carbons (Fsp3) is 0.0556. The molecule has 0 saturated heterocycles. The number of rotatable bonds is 3. The van der Waals surface area contributed by atoms with Gasteiger partial charge in [0.1, 0.15) is 5.75 Å². The van der Waals surface area contributed by atoms with Gasteiger partial charge in [-0.15, -0.1) is 10.2 Å². The smallest absolute Gasteiger partial charge is 0.276 e. The number of para-hydroxylation sites is 1. The van der Waals surface area contributed by atoms with Crippen LogP contribution in [-0.2, 0) is 0 Å². The zero-order chi connectivity index (χ0) is 16.5. The van der Waals surface area contributed by atoms with Gasteiger partial charge in [-0.1, -0.05) is 59.9 Å². The molecule has 0 N–H and O–H groups in total. The molecule has 4 aromatic rings. The Balaban J connectivity index is 1.93. The van der Waals surface area contributed by atoms with Crippen molar-refractivity contribution in [2.75, 3.05) is 7.11 Å². The van der Waals surface area contributed by atoms with E-state index in [-0.39, 0.29) is 5.56 Å². The van der Waals surface area contributed by atoms with Crippen LogP contribution < -0.4 is 14.8 Å². The Kier molecular flexibility index (Phi) is 3.59. The first-order valence-electron chi connectivity index (χ1n) is 7.36. The molecule has 6 heteroatoms. The molecule has 0 radical (unpaired) electrons. The highest BCUT2D eigenvalue weighted by Gasteiger charge is 2.14. The van der Waals surface area contributed by atoms with E-state index in [1.165, 1.54) is 11.3 Å². The van der Waals surface area contributed by atoms with Gasteiger partial charge in [-0.2, -0.15) is 0 Å². The quantitative estimate of drug-likeness (QED) is 0.577. The molecular weight excluding hydrogens is 322 g/mol. The van der Waals surface area contributed by atoms with Crippen LogP contribution in [0.25, 0.3) is 22.4 Å². The number of fused-ring (bicyclic) bond motifs is 1. The van der Waals surface area contributed by atoms with Crippen molar-refractivity contribution in [1.82, 2.24) is 14.6 Å². The molecule has 2 aromatic heterocycles. The lowest BCUT2D eigenvalue weighted by Gasteiger charge is -2.02. The van der Waals surface area contributed by atoms with E-state index in [1.54, 1.807) is 11.5 Å². The lowest BCUT2D eigenvalue weighted by atomic mass is 10.2. The van der Waals surface area contributed by atoms with E-state index in [2.05, 4.69) is 10.2 Å². The Morgan fingerprint density at radius 2 is 1.79 bits per heavy atom. The summed E-state index contributed by atoms with van der Waals surface area (Å²) in [5, 5.41) is 8.29. The SMILES string of the molecule is COc1ccccc1/C=c1/sc2nnc(-c3ccccc3)n2c1=O. The van der Waals surface area contributed by atoms with Crippen molar-refractivity contribution in [2.45, 2.75) is 0 Å². The molecule has 2 aromatic carbocycles. The van der Waals surface area contributed by atoms with Crippen molar-refractivity contribution in [2.24, 2.45) is 0 Å². The summed E-state index contributed by atoms with van der Waals surface area (Å²) >= 11 is 1.32. The van der Waals surface area contributed by atoms with E-state index >= 15 is 0 Å². The van der Waals surface area contributed by atoms with Crippen LogP contribution in [0.4, 0.5) is 0 Å². The minimum absolute atomic E-state index is 0.121. The first kappa shape index (κ1) is 14.6. The van der Waals surface area contributed by atoms with Crippen LogP contribution in [0.1, 0.15) is 5.56 Å². The molecule has 0 bridgehead atoms. The van der Waals surface area contributed by atoms with Crippen LogP contribution in [0.15, 0.2) is 59.4 Å². The molecular formula is C18H13N3O2S. The third-order valence-electron chi connectivity index (χ3n) is 3.71. The molecule has 0 unspecified atom stereocenters. The van der Waals surface area contributed by atoms with Gasteiger partial charge in [0, 0.05) is 11.1 Å². The van der Waals surface area contributed by atoms with E-state index in [0.29, 0.717) is 15.3 Å². The third-order valence-corrected chi connectivity index (χ3v) is 4.67. The second-order valence-corrected chi connectivity index (χ2v) is 6.17. The fourth-order valence-corrected chi connectivity index (χ4v) is 3.47. The van der Waals surface area contributed by atoms with E-state index in [1.807, 2.05) is 60.7 Å². The van der Waals surface area contributed by atoms with Gasteiger partial charge in [0.15, 0.2) is 5.82 Å². The second kappa shape index (κ2) is 5.90. The maximum Gasteiger partial charge on any atom is 0.276 e. The second-order valence-electron chi connectivity index (χ2n) is 5.17. The molecule has 2 heterocycles. The predicted molar refractivity (Wildman–Crippen MR) is 94.3 cm³/mol. The molecule has 0 aliphatic heterocycles. The molecule has 5 nitrogen and oxygen atoms in total. The Hall–Kier alpha value is -2.99. The van der Waals surface area contributed by atoms with Crippen molar-refractivity contribution >= 4 is 22.4 Å². The summed E-state index contributed by atoms with van der Waals surface area (Å²) < 4.78 is 7.50. The van der Waals surface area contributed by atoms with Gasteiger partial charge < -0.3 is 4.74 Å². The van der Waals surface area contributed by atoms with E-state index in [4.69, 9.17) is 4.74 Å².